The van der Waals surface area contributed by atoms with E-state index in [-0.39, 0.29) is 12.7 Å². The van der Waals surface area contributed by atoms with Gasteiger partial charge in [-0.2, -0.15) is 0 Å². The van der Waals surface area contributed by atoms with Crippen molar-refractivity contribution in [2.75, 3.05) is 18.9 Å². The molecule has 0 saturated carbocycles. The molecule has 48 valence electrons. The van der Waals surface area contributed by atoms with Crippen LogP contribution in [0.3, 0.4) is 0 Å². The SMILES string of the molecule is C=CCP(CO)CO. The summed E-state index contributed by atoms with van der Waals surface area (Å²) in [4.78, 5) is 0. The average molecular weight is 134 g/mol. The van der Waals surface area contributed by atoms with Crippen LogP contribution in [0.5, 0.6) is 0 Å². The lowest BCUT2D eigenvalue weighted by Crippen LogP contribution is -1.89. The van der Waals surface area contributed by atoms with Gasteiger partial charge in [0.15, 0.2) is 0 Å². The molecule has 0 fully saturated rings. The summed E-state index contributed by atoms with van der Waals surface area (Å²) >= 11 is 0. The molecule has 0 aliphatic rings. The van der Waals surface area contributed by atoms with Crippen molar-refractivity contribution < 1.29 is 10.2 Å². The van der Waals surface area contributed by atoms with Gasteiger partial charge in [-0.15, -0.1) is 6.58 Å². The van der Waals surface area contributed by atoms with Crippen LogP contribution < -0.4 is 0 Å². The van der Waals surface area contributed by atoms with Crippen LogP contribution in [0.2, 0.25) is 0 Å². The minimum absolute atomic E-state index is 0.109. The Bertz CT molecular complexity index is 61.4. The molecule has 0 aromatic rings. The smallest absolute Gasteiger partial charge is 0.0649 e. The Kier molecular flexibility index (Phi) is 5.29. The number of hydrogen-bond acceptors (Lipinski definition) is 2. The summed E-state index contributed by atoms with van der Waals surface area (Å²) < 4.78 is 0. The number of rotatable bonds is 4. The van der Waals surface area contributed by atoms with Crippen molar-refractivity contribution in [2.45, 2.75) is 0 Å². The maximum Gasteiger partial charge on any atom is 0.0649 e. The molecule has 8 heavy (non-hydrogen) atoms. The number of allylic oxidation sites excluding steroid dienone is 1. The van der Waals surface area contributed by atoms with Gasteiger partial charge in [0, 0.05) is 0 Å². The van der Waals surface area contributed by atoms with Gasteiger partial charge in [-0.3, -0.25) is 0 Å². The van der Waals surface area contributed by atoms with E-state index < -0.39 is 7.92 Å². The Morgan fingerprint density at radius 3 is 2.00 bits per heavy atom. The van der Waals surface area contributed by atoms with Gasteiger partial charge in [-0.05, 0) is 14.1 Å². The molecule has 2 N–H and O–H groups in total. The maximum absolute atomic E-state index is 8.48. The van der Waals surface area contributed by atoms with E-state index in [1.165, 1.54) is 0 Å². The fourth-order valence-corrected chi connectivity index (χ4v) is 1.03. The van der Waals surface area contributed by atoms with Gasteiger partial charge in [-0.1, -0.05) is 6.08 Å². The topological polar surface area (TPSA) is 40.5 Å². The Labute approximate surface area is 50.6 Å². The predicted molar refractivity (Wildman–Crippen MR) is 36.2 cm³/mol. The second kappa shape index (κ2) is 5.23. The highest BCUT2D eigenvalue weighted by atomic mass is 31.1. The molecule has 0 spiro atoms. The van der Waals surface area contributed by atoms with Crippen LogP contribution in [0.4, 0.5) is 0 Å². The van der Waals surface area contributed by atoms with Gasteiger partial charge in [0.05, 0.1) is 12.7 Å². The van der Waals surface area contributed by atoms with Crippen LogP contribution in [-0.4, -0.2) is 29.1 Å². The van der Waals surface area contributed by atoms with E-state index in [1.807, 2.05) is 0 Å². The third kappa shape index (κ3) is 3.14. The van der Waals surface area contributed by atoms with E-state index in [0.29, 0.717) is 0 Å². The van der Waals surface area contributed by atoms with Crippen molar-refractivity contribution in [3.63, 3.8) is 0 Å². The lowest BCUT2D eigenvalue weighted by molar-refractivity contribution is 0.344. The van der Waals surface area contributed by atoms with Crippen LogP contribution in [-0.2, 0) is 0 Å². The first-order valence-electron chi connectivity index (χ1n) is 2.40. The summed E-state index contributed by atoms with van der Waals surface area (Å²) in [6.45, 7) is 3.49. The molecule has 0 aromatic carbocycles. The van der Waals surface area contributed by atoms with Gasteiger partial charge in [0.25, 0.3) is 0 Å². The molecule has 0 heterocycles. The minimum Gasteiger partial charge on any atom is -0.392 e. The van der Waals surface area contributed by atoms with Crippen LogP contribution in [0.25, 0.3) is 0 Å². The number of aliphatic hydroxyl groups is 2. The van der Waals surface area contributed by atoms with Crippen molar-refractivity contribution in [2.24, 2.45) is 0 Å². The Morgan fingerprint density at radius 2 is 1.88 bits per heavy atom. The monoisotopic (exact) mass is 134 g/mol. The molecule has 0 aliphatic heterocycles. The second-order valence-corrected chi connectivity index (χ2v) is 3.70. The van der Waals surface area contributed by atoms with E-state index in [2.05, 4.69) is 6.58 Å². The summed E-state index contributed by atoms with van der Waals surface area (Å²) in [5, 5.41) is 17.0. The molecule has 0 atom stereocenters. The lowest BCUT2D eigenvalue weighted by atomic mass is 10.8. The van der Waals surface area contributed by atoms with Crippen molar-refractivity contribution in [1.82, 2.24) is 0 Å². The second-order valence-electron chi connectivity index (χ2n) is 1.42. The molecule has 3 heteroatoms. The quantitative estimate of drug-likeness (QED) is 0.435. The summed E-state index contributed by atoms with van der Waals surface area (Å²) in [5.41, 5.74) is 0. The normalized spacial score (nSPS) is 9.88. The van der Waals surface area contributed by atoms with Gasteiger partial charge >= 0.3 is 0 Å². The number of aliphatic hydroxyl groups excluding tert-OH is 2. The first-order chi connectivity index (χ1) is 3.85. The summed E-state index contributed by atoms with van der Waals surface area (Å²) in [6.07, 6.45) is 2.69. The summed E-state index contributed by atoms with van der Waals surface area (Å²) in [5.74, 6) is 0. The zero-order valence-electron chi connectivity index (χ0n) is 4.75. The molecular formula is C5H11O2P. The lowest BCUT2D eigenvalue weighted by Gasteiger charge is -2.05. The zero-order chi connectivity index (χ0) is 6.41. The molecule has 0 bridgehead atoms. The highest BCUT2D eigenvalue weighted by Crippen LogP contribution is 2.31. The van der Waals surface area contributed by atoms with Gasteiger partial charge in [0.2, 0.25) is 0 Å². The third-order valence-electron chi connectivity index (χ3n) is 0.787. The van der Waals surface area contributed by atoms with Crippen molar-refractivity contribution in [3.8, 4) is 0 Å². The van der Waals surface area contributed by atoms with Crippen molar-refractivity contribution in [1.29, 1.82) is 0 Å². The van der Waals surface area contributed by atoms with Crippen molar-refractivity contribution >= 4 is 7.92 Å². The highest BCUT2D eigenvalue weighted by Gasteiger charge is 1.98. The van der Waals surface area contributed by atoms with E-state index in [1.54, 1.807) is 6.08 Å². The van der Waals surface area contributed by atoms with Crippen LogP contribution in [0.1, 0.15) is 0 Å². The summed E-state index contributed by atoms with van der Waals surface area (Å²) in [7, 11) is -0.563. The molecule has 0 rings (SSSR count). The fourth-order valence-electron chi connectivity index (χ4n) is 0.343. The molecular weight excluding hydrogens is 123 g/mol. The zero-order valence-corrected chi connectivity index (χ0v) is 5.64. The van der Waals surface area contributed by atoms with Crippen LogP contribution >= 0.6 is 7.92 Å². The van der Waals surface area contributed by atoms with E-state index in [4.69, 9.17) is 10.2 Å². The molecule has 0 radical (unpaired) electrons. The third-order valence-corrected chi connectivity index (χ3v) is 2.36. The number of hydrogen-bond donors (Lipinski definition) is 2. The van der Waals surface area contributed by atoms with E-state index in [0.717, 1.165) is 6.16 Å². The van der Waals surface area contributed by atoms with E-state index >= 15 is 0 Å². The Morgan fingerprint density at radius 1 is 1.38 bits per heavy atom. The van der Waals surface area contributed by atoms with Gasteiger partial charge < -0.3 is 10.2 Å². The molecule has 2 nitrogen and oxygen atoms in total. The Hall–Kier alpha value is 0.0900. The standard InChI is InChI=1S/C5H11O2P/c1-2-3-8(4-6)5-7/h2,6-7H,1,3-5H2. The average Bonchev–Trinajstić information content (AvgIpc) is 1.83. The largest absolute Gasteiger partial charge is 0.392 e. The first-order valence-corrected chi connectivity index (χ1v) is 4.30. The van der Waals surface area contributed by atoms with Crippen LogP contribution in [0.15, 0.2) is 12.7 Å². The van der Waals surface area contributed by atoms with Crippen LogP contribution in [0, 0.1) is 0 Å². The van der Waals surface area contributed by atoms with Gasteiger partial charge in [-0.25, -0.2) is 0 Å². The fraction of sp³-hybridized carbons (Fsp3) is 0.600. The summed E-state index contributed by atoms with van der Waals surface area (Å²) in [6, 6.07) is 0. The molecule has 0 aliphatic carbocycles. The van der Waals surface area contributed by atoms with Gasteiger partial charge in [0.1, 0.15) is 0 Å². The first kappa shape index (κ1) is 8.09. The predicted octanol–water partition coefficient (Wildman–Crippen LogP) is 0.554. The molecule has 0 amide bonds. The minimum atomic E-state index is -0.563. The highest BCUT2D eigenvalue weighted by molar-refractivity contribution is 7.57. The van der Waals surface area contributed by atoms with Crippen molar-refractivity contribution in [3.05, 3.63) is 12.7 Å². The maximum atomic E-state index is 8.48. The molecule has 0 saturated heterocycles. The van der Waals surface area contributed by atoms with E-state index in [9.17, 15) is 0 Å². The Balaban J connectivity index is 3.20. The molecule has 0 unspecified atom stereocenters. The molecule has 0 aromatic heterocycles.